The molecule has 0 saturated heterocycles. The fraction of sp³-hybridized carbons (Fsp3) is 0.462. The smallest absolute Gasteiger partial charge is 0.337 e. The topological polar surface area (TPSA) is 66.8 Å². The van der Waals surface area contributed by atoms with Gasteiger partial charge in [0.05, 0.1) is 6.61 Å². The minimum atomic E-state index is -1.46. The average molecular weight is 238 g/mol. The van der Waals surface area contributed by atoms with E-state index in [0.717, 1.165) is 5.56 Å². The molecule has 94 valence electrons. The molecule has 0 saturated carbocycles. The molecule has 0 bridgehead atoms. The van der Waals surface area contributed by atoms with Gasteiger partial charge in [0.15, 0.2) is 6.10 Å². The molecule has 0 spiro atoms. The van der Waals surface area contributed by atoms with Gasteiger partial charge in [-0.1, -0.05) is 38.1 Å². The number of aliphatic hydroxyl groups is 1. The first kappa shape index (κ1) is 13.7. The van der Waals surface area contributed by atoms with Crippen molar-refractivity contribution < 1.29 is 19.7 Å². The van der Waals surface area contributed by atoms with E-state index in [1.807, 2.05) is 26.0 Å². The van der Waals surface area contributed by atoms with Crippen LogP contribution >= 0.6 is 0 Å². The summed E-state index contributed by atoms with van der Waals surface area (Å²) in [6.07, 6.45) is -1.46. The fourth-order valence-electron chi connectivity index (χ4n) is 1.70. The molecule has 0 aliphatic rings. The van der Waals surface area contributed by atoms with Gasteiger partial charge in [0.1, 0.15) is 0 Å². The van der Waals surface area contributed by atoms with Crippen molar-refractivity contribution in [3.63, 3.8) is 0 Å². The maximum absolute atomic E-state index is 10.6. The number of hydrogen-bond donors (Lipinski definition) is 2. The SMILES string of the molecule is COCC(C)(C)c1ccc(C(O)C(=O)O)cc1. The third kappa shape index (κ3) is 3.28. The van der Waals surface area contributed by atoms with E-state index in [1.165, 1.54) is 0 Å². The third-order valence-electron chi connectivity index (χ3n) is 2.75. The number of benzene rings is 1. The van der Waals surface area contributed by atoms with Gasteiger partial charge in [-0.3, -0.25) is 0 Å². The molecule has 1 unspecified atom stereocenters. The number of carbonyl (C=O) groups is 1. The van der Waals surface area contributed by atoms with Gasteiger partial charge in [0.25, 0.3) is 0 Å². The van der Waals surface area contributed by atoms with Crippen LogP contribution in [0, 0.1) is 0 Å². The molecule has 0 amide bonds. The molecule has 0 fully saturated rings. The fourth-order valence-corrected chi connectivity index (χ4v) is 1.70. The Balaban J connectivity index is 2.91. The molecule has 17 heavy (non-hydrogen) atoms. The molecule has 1 aromatic carbocycles. The summed E-state index contributed by atoms with van der Waals surface area (Å²) >= 11 is 0. The van der Waals surface area contributed by atoms with Crippen molar-refractivity contribution in [1.82, 2.24) is 0 Å². The number of carboxylic acid groups (broad SMARTS) is 1. The maximum atomic E-state index is 10.6. The lowest BCUT2D eigenvalue weighted by Gasteiger charge is -2.24. The van der Waals surface area contributed by atoms with Gasteiger partial charge < -0.3 is 14.9 Å². The predicted octanol–water partition coefficient (Wildman–Crippen LogP) is 1.73. The van der Waals surface area contributed by atoms with Crippen molar-refractivity contribution in [2.75, 3.05) is 13.7 Å². The number of ether oxygens (including phenoxy) is 1. The van der Waals surface area contributed by atoms with E-state index in [9.17, 15) is 9.90 Å². The molecule has 0 aromatic heterocycles. The summed E-state index contributed by atoms with van der Waals surface area (Å²) in [5.74, 6) is -1.24. The highest BCUT2D eigenvalue weighted by Gasteiger charge is 2.21. The molecule has 2 N–H and O–H groups in total. The van der Waals surface area contributed by atoms with E-state index < -0.39 is 12.1 Å². The van der Waals surface area contributed by atoms with E-state index in [4.69, 9.17) is 9.84 Å². The lowest BCUT2D eigenvalue weighted by atomic mass is 9.85. The van der Waals surface area contributed by atoms with Gasteiger partial charge in [-0.2, -0.15) is 0 Å². The zero-order valence-corrected chi connectivity index (χ0v) is 10.3. The molecule has 0 aliphatic heterocycles. The highest BCUT2D eigenvalue weighted by molar-refractivity contribution is 5.74. The second-order valence-electron chi connectivity index (χ2n) is 4.68. The summed E-state index contributed by atoms with van der Waals surface area (Å²) in [6.45, 7) is 4.66. The molecular formula is C13H18O4. The van der Waals surface area contributed by atoms with Crippen LogP contribution in [0.1, 0.15) is 31.1 Å². The summed E-state index contributed by atoms with van der Waals surface area (Å²) in [7, 11) is 1.64. The summed E-state index contributed by atoms with van der Waals surface area (Å²) in [6, 6.07) is 6.90. The van der Waals surface area contributed by atoms with Gasteiger partial charge in [-0.15, -0.1) is 0 Å². The van der Waals surface area contributed by atoms with Gasteiger partial charge in [0.2, 0.25) is 0 Å². The Bertz CT molecular complexity index is 381. The number of carboxylic acids is 1. The van der Waals surface area contributed by atoms with Crippen molar-refractivity contribution in [1.29, 1.82) is 0 Å². The van der Waals surface area contributed by atoms with Crippen LogP contribution in [0.2, 0.25) is 0 Å². The first-order chi connectivity index (χ1) is 7.88. The summed E-state index contributed by atoms with van der Waals surface area (Å²) < 4.78 is 5.13. The number of methoxy groups -OCH3 is 1. The van der Waals surface area contributed by atoms with Crippen molar-refractivity contribution in [3.8, 4) is 0 Å². The number of aliphatic carboxylic acids is 1. The second kappa shape index (κ2) is 5.29. The zero-order valence-electron chi connectivity index (χ0n) is 10.3. The second-order valence-corrected chi connectivity index (χ2v) is 4.68. The van der Waals surface area contributed by atoms with E-state index in [2.05, 4.69) is 0 Å². The van der Waals surface area contributed by atoms with Crippen molar-refractivity contribution in [2.24, 2.45) is 0 Å². The molecule has 0 aliphatic carbocycles. The summed E-state index contributed by atoms with van der Waals surface area (Å²) in [4.78, 5) is 10.6. The standard InChI is InChI=1S/C13H18O4/c1-13(2,8-17-3)10-6-4-9(5-7-10)11(14)12(15)16/h4-7,11,14H,8H2,1-3H3,(H,15,16). The highest BCUT2D eigenvalue weighted by atomic mass is 16.5. The summed E-state index contributed by atoms with van der Waals surface area (Å²) in [5.41, 5.74) is 1.29. The molecule has 4 nitrogen and oxygen atoms in total. The van der Waals surface area contributed by atoms with E-state index in [0.29, 0.717) is 12.2 Å². The highest BCUT2D eigenvalue weighted by Crippen LogP contribution is 2.25. The summed E-state index contributed by atoms with van der Waals surface area (Å²) in [5, 5.41) is 18.0. The van der Waals surface area contributed by atoms with Crippen molar-refractivity contribution in [3.05, 3.63) is 35.4 Å². The van der Waals surface area contributed by atoms with E-state index >= 15 is 0 Å². The van der Waals surface area contributed by atoms with Crippen LogP contribution in [0.5, 0.6) is 0 Å². The molecule has 1 aromatic rings. The Hall–Kier alpha value is -1.39. The van der Waals surface area contributed by atoms with E-state index in [1.54, 1.807) is 19.2 Å². The van der Waals surface area contributed by atoms with Gasteiger partial charge in [0, 0.05) is 12.5 Å². The largest absolute Gasteiger partial charge is 0.479 e. The van der Waals surface area contributed by atoms with Gasteiger partial charge >= 0.3 is 5.97 Å². The minimum Gasteiger partial charge on any atom is -0.479 e. The first-order valence-electron chi connectivity index (χ1n) is 5.39. The number of hydrogen-bond acceptors (Lipinski definition) is 3. The van der Waals surface area contributed by atoms with Crippen molar-refractivity contribution >= 4 is 5.97 Å². The van der Waals surface area contributed by atoms with Crippen LogP contribution in [0.25, 0.3) is 0 Å². The Kier molecular flexibility index (Phi) is 4.26. The average Bonchev–Trinajstić information content (AvgIpc) is 2.28. The Morgan fingerprint density at radius 1 is 1.35 bits per heavy atom. The Morgan fingerprint density at radius 3 is 2.29 bits per heavy atom. The number of aliphatic hydroxyl groups excluding tert-OH is 1. The van der Waals surface area contributed by atoms with Crippen molar-refractivity contribution in [2.45, 2.75) is 25.4 Å². The molecule has 0 radical (unpaired) electrons. The number of rotatable bonds is 5. The van der Waals surface area contributed by atoms with Crippen LogP contribution in [0.4, 0.5) is 0 Å². The molecule has 4 heteroatoms. The van der Waals surface area contributed by atoms with Crippen LogP contribution in [-0.2, 0) is 14.9 Å². The van der Waals surface area contributed by atoms with Gasteiger partial charge in [-0.25, -0.2) is 4.79 Å². The maximum Gasteiger partial charge on any atom is 0.337 e. The predicted molar refractivity (Wildman–Crippen MR) is 63.9 cm³/mol. The normalized spacial score (nSPS) is 13.4. The van der Waals surface area contributed by atoms with Crippen LogP contribution in [-0.4, -0.2) is 29.9 Å². The Morgan fingerprint density at radius 2 is 1.88 bits per heavy atom. The van der Waals surface area contributed by atoms with Crippen LogP contribution in [0.15, 0.2) is 24.3 Å². The van der Waals surface area contributed by atoms with Crippen LogP contribution < -0.4 is 0 Å². The zero-order chi connectivity index (χ0) is 13.1. The van der Waals surface area contributed by atoms with Crippen LogP contribution in [0.3, 0.4) is 0 Å². The molecular weight excluding hydrogens is 220 g/mol. The Labute approximate surface area is 101 Å². The lowest BCUT2D eigenvalue weighted by molar-refractivity contribution is -0.146. The minimum absolute atomic E-state index is 0.137. The molecule has 1 atom stereocenters. The monoisotopic (exact) mass is 238 g/mol. The molecule has 0 heterocycles. The first-order valence-corrected chi connectivity index (χ1v) is 5.39. The van der Waals surface area contributed by atoms with Gasteiger partial charge in [-0.05, 0) is 11.1 Å². The molecule has 1 rings (SSSR count). The third-order valence-corrected chi connectivity index (χ3v) is 2.75. The lowest BCUT2D eigenvalue weighted by Crippen LogP contribution is -2.23. The van der Waals surface area contributed by atoms with E-state index in [-0.39, 0.29) is 5.41 Å². The quantitative estimate of drug-likeness (QED) is 0.819.